The first-order chi connectivity index (χ1) is 13.4. The van der Waals surface area contributed by atoms with Gasteiger partial charge in [-0.05, 0) is 43.5 Å². The van der Waals surface area contributed by atoms with E-state index in [0.717, 1.165) is 4.88 Å². The van der Waals surface area contributed by atoms with Gasteiger partial charge in [0.15, 0.2) is 5.82 Å². The van der Waals surface area contributed by atoms with E-state index in [2.05, 4.69) is 14.8 Å². The van der Waals surface area contributed by atoms with E-state index in [0.29, 0.717) is 11.5 Å². The first kappa shape index (κ1) is 19.7. The summed E-state index contributed by atoms with van der Waals surface area (Å²) in [5.41, 5.74) is 0.444. The van der Waals surface area contributed by atoms with Crippen LogP contribution in [0.3, 0.4) is 0 Å². The van der Waals surface area contributed by atoms with Gasteiger partial charge in [0.2, 0.25) is 5.82 Å². The molecule has 0 aliphatic rings. The average molecular weight is 402 g/mol. The highest BCUT2D eigenvalue weighted by Crippen LogP contribution is 2.26. The molecule has 1 aromatic carbocycles. The Labute approximate surface area is 165 Å². The topological polar surface area (TPSA) is 77.3 Å². The van der Waals surface area contributed by atoms with Crippen molar-refractivity contribution in [2.45, 2.75) is 19.9 Å². The molecule has 0 radical (unpaired) electrons. The number of carbonyl (C=O) groups is 2. The van der Waals surface area contributed by atoms with Gasteiger partial charge in [-0.1, -0.05) is 12.1 Å². The lowest BCUT2D eigenvalue weighted by Gasteiger charge is -2.23. The molecule has 0 unspecified atom stereocenters. The van der Waals surface area contributed by atoms with Crippen LogP contribution in [0, 0.1) is 5.82 Å². The number of esters is 1. The zero-order valence-electron chi connectivity index (χ0n) is 15.6. The van der Waals surface area contributed by atoms with E-state index in [1.807, 2.05) is 17.5 Å². The second-order valence-corrected chi connectivity index (χ2v) is 7.18. The standard InChI is InChI=1S/C19H19FN4O3S/c1-12(2)23(11-16(25)27-3)19(26)17-21-18(15-8-5-9-28-15)24(22-17)14-7-4-6-13(20)10-14/h4-10,12H,11H2,1-3H3. The molecular formula is C19H19FN4O3S. The zero-order valence-corrected chi connectivity index (χ0v) is 16.4. The number of rotatable bonds is 6. The lowest BCUT2D eigenvalue weighted by Crippen LogP contribution is -2.41. The summed E-state index contributed by atoms with van der Waals surface area (Å²) in [4.78, 5) is 31.2. The molecule has 7 nitrogen and oxygen atoms in total. The van der Waals surface area contributed by atoms with Crippen molar-refractivity contribution in [2.75, 3.05) is 13.7 Å². The SMILES string of the molecule is COC(=O)CN(C(=O)c1nc(-c2cccs2)n(-c2cccc(F)c2)n1)C(C)C. The maximum Gasteiger partial charge on any atom is 0.325 e. The molecule has 3 aromatic rings. The molecule has 3 rings (SSSR count). The number of amides is 1. The Morgan fingerprint density at radius 1 is 1.29 bits per heavy atom. The zero-order chi connectivity index (χ0) is 20.3. The molecule has 2 heterocycles. The number of aromatic nitrogens is 3. The highest BCUT2D eigenvalue weighted by molar-refractivity contribution is 7.13. The van der Waals surface area contributed by atoms with Crippen LogP contribution in [0.4, 0.5) is 4.39 Å². The fourth-order valence-corrected chi connectivity index (χ4v) is 3.28. The van der Waals surface area contributed by atoms with Crippen LogP contribution in [0.2, 0.25) is 0 Å². The molecule has 0 saturated heterocycles. The molecule has 0 atom stereocenters. The van der Waals surface area contributed by atoms with Crippen molar-refractivity contribution in [3.05, 3.63) is 53.4 Å². The van der Waals surface area contributed by atoms with Gasteiger partial charge in [0, 0.05) is 6.04 Å². The smallest absolute Gasteiger partial charge is 0.325 e. The number of methoxy groups -OCH3 is 1. The largest absolute Gasteiger partial charge is 0.468 e. The number of hydrogen-bond acceptors (Lipinski definition) is 6. The minimum absolute atomic E-state index is 0.0785. The first-order valence-electron chi connectivity index (χ1n) is 8.55. The van der Waals surface area contributed by atoms with E-state index in [1.165, 1.54) is 40.2 Å². The molecule has 0 aliphatic carbocycles. The molecule has 146 valence electrons. The third-order valence-electron chi connectivity index (χ3n) is 4.00. The molecule has 0 fully saturated rings. The molecule has 0 N–H and O–H groups in total. The van der Waals surface area contributed by atoms with Gasteiger partial charge in [0.25, 0.3) is 5.91 Å². The minimum Gasteiger partial charge on any atom is -0.468 e. The lowest BCUT2D eigenvalue weighted by molar-refractivity contribution is -0.141. The van der Waals surface area contributed by atoms with Crippen LogP contribution in [-0.4, -0.2) is 51.2 Å². The molecule has 1 amide bonds. The summed E-state index contributed by atoms with van der Waals surface area (Å²) in [5, 5.41) is 6.19. The molecule has 0 saturated carbocycles. The Morgan fingerprint density at radius 2 is 2.07 bits per heavy atom. The Bertz CT molecular complexity index is 985. The number of benzene rings is 1. The number of halogens is 1. The van der Waals surface area contributed by atoms with Gasteiger partial charge >= 0.3 is 5.97 Å². The Hall–Kier alpha value is -3.07. The van der Waals surface area contributed by atoms with Crippen LogP contribution in [-0.2, 0) is 9.53 Å². The summed E-state index contributed by atoms with van der Waals surface area (Å²) in [6.07, 6.45) is 0. The van der Waals surface area contributed by atoms with Crippen LogP contribution < -0.4 is 0 Å². The summed E-state index contributed by atoms with van der Waals surface area (Å²) in [7, 11) is 1.26. The Morgan fingerprint density at radius 3 is 2.68 bits per heavy atom. The summed E-state index contributed by atoms with van der Waals surface area (Å²) < 4.78 is 19.8. The van der Waals surface area contributed by atoms with Crippen LogP contribution in [0.5, 0.6) is 0 Å². The van der Waals surface area contributed by atoms with Crippen molar-refractivity contribution < 1.29 is 18.7 Å². The van der Waals surface area contributed by atoms with Crippen molar-refractivity contribution in [3.63, 3.8) is 0 Å². The maximum absolute atomic E-state index is 13.7. The third-order valence-corrected chi connectivity index (χ3v) is 4.87. The van der Waals surface area contributed by atoms with Crippen molar-refractivity contribution >= 4 is 23.2 Å². The van der Waals surface area contributed by atoms with Gasteiger partial charge in [0.1, 0.15) is 12.4 Å². The predicted octanol–water partition coefficient (Wildman–Crippen LogP) is 3.16. The predicted molar refractivity (Wildman–Crippen MR) is 103 cm³/mol. The fourth-order valence-electron chi connectivity index (χ4n) is 2.58. The summed E-state index contributed by atoms with van der Waals surface area (Å²) in [6.45, 7) is 3.35. The van der Waals surface area contributed by atoms with E-state index >= 15 is 0 Å². The van der Waals surface area contributed by atoms with E-state index < -0.39 is 17.7 Å². The molecule has 28 heavy (non-hydrogen) atoms. The van der Waals surface area contributed by atoms with E-state index in [4.69, 9.17) is 0 Å². The fraction of sp³-hybridized carbons (Fsp3) is 0.263. The minimum atomic E-state index is -0.537. The molecule has 0 aliphatic heterocycles. The summed E-state index contributed by atoms with van der Waals surface area (Å²) in [5.74, 6) is -1.12. The van der Waals surface area contributed by atoms with Gasteiger partial charge < -0.3 is 9.64 Å². The van der Waals surface area contributed by atoms with Crippen molar-refractivity contribution in [1.82, 2.24) is 19.7 Å². The van der Waals surface area contributed by atoms with Crippen molar-refractivity contribution in [1.29, 1.82) is 0 Å². The van der Waals surface area contributed by atoms with Gasteiger partial charge in [-0.2, -0.15) is 0 Å². The lowest BCUT2D eigenvalue weighted by atomic mass is 10.3. The van der Waals surface area contributed by atoms with E-state index in [9.17, 15) is 14.0 Å². The highest BCUT2D eigenvalue weighted by Gasteiger charge is 2.27. The molecule has 2 aromatic heterocycles. The monoisotopic (exact) mass is 402 g/mol. The average Bonchev–Trinajstić information content (AvgIpc) is 3.34. The quantitative estimate of drug-likeness (QED) is 0.592. The van der Waals surface area contributed by atoms with Crippen LogP contribution in [0.1, 0.15) is 24.5 Å². The third kappa shape index (κ3) is 4.09. The number of nitrogens with zero attached hydrogens (tertiary/aromatic N) is 4. The van der Waals surface area contributed by atoms with Gasteiger partial charge in [-0.15, -0.1) is 16.4 Å². The Balaban J connectivity index is 2.06. The van der Waals surface area contributed by atoms with Crippen molar-refractivity contribution in [2.24, 2.45) is 0 Å². The molecular weight excluding hydrogens is 383 g/mol. The summed E-state index contributed by atoms with van der Waals surface area (Å²) >= 11 is 1.43. The number of thiophene rings is 1. The van der Waals surface area contributed by atoms with E-state index in [-0.39, 0.29) is 18.4 Å². The highest BCUT2D eigenvalue weighted by atomic mass is 32.1. The first-order valence-corrected chi connectivity index (χ1v) is 9.43. The van der Waals surface area contributed by atoms with Crippen LogP contribution >= 0.6 is 11.3 Å². The van der Waals surface area contributed by atoms with Crippen LogP contribution in [0.25, 0.3) is 16.4 Å². The van der Waals surface area contributed by atoms with E-state index in [1.54, 1.807) is 26.0 Å². The van der Waals surface area contributed by atoms with Gasteiger partial charge in [0.05, 0.1) is 17.7 Å². The summed E-state index contributed by atoms with van der Waals surface area (Å²) in [6, 6.07) is 9.31. The number of carbonyl (C=O) groups excluding carboxylic acids is 2. The van der Waals surface area contributed by atoms with Crippen molar-refractivity contribution in [3.8, 4) is 16.4 Å². The molecule has 0 spiro atoms. The van der Waals surface area contributed by atoms with Gasteiger partial charge in [-0.3, -0.25) is 9.59 Å². The number of hydrogen-bond donors (Lipinski definition) is 0. The normalized spacial score (nSPS) is 10.9. The number of ether oxygens (including phenoxy) is 1. The maximum atomic E-state index is 13.7. The Kier molecular flexibility index (Phi) is 5.84. The molecule has 0 bridgehead atoms. The van der Waals surface area contributed by atoms with Crippen LogP contribution in [0.15, 0.2) is 41.8 Å². The molecule has 9 heteroatoms. The van der Waals surface area contributed by atoms with Gasteiger partial charge in [-0.25, -0.2) is 14.1 Å². The second kappa shape index (κ2) is 8.30. The second-order valence-electron chi connectivity index (χ2n) is 6.23.